The fraction of sp³-hybridized carbons (Fsp3) is 0. The van der Waals surface area contributed by atoms with E-state index in [1.807, 2.05) is 0 Å². The molecule has 252 valence electrons. The largest absolute Gasteiger partial charge is 0.0622 e. The molecular weight excluding hydrogens is 649 g/mol. The standard InChI is InChI=1S/C54H36/c1-3-17-37(18-4-1)39-31-32-41-36-42(34-33-40(41)35-39)53-49-27-13-15-29-51(49)54(52-30-16-14-28-50(52)53)48-26-12-11-25-47(48)46-24-10-9-23-45(46)44-22-8-7-21-43(44)38-19-5-2-6-20-38/h1-36H. The van der Waals surface area contributed by atoms with E-state index in [1.165, 1.54) is 99.1 Å². The number of benzene rings is 10. The second kappa shape index (κ2) is 13.5. The molecule has 0 saturated heterocycles. The Morgan fingerprint density at radius 2 is 0.537 bits per heavy atom. The van der Waals surface area contributed by atoms with Gasteiger partial charge in [-0.3, -0.25) is 0 Å². The molecule has 0 heteroatoms. The Bertz CT molecular complexity index is 2910. The van der Waals surface area contributed by atoms with E-state index in [2.05, 4.69) is 218 Å². The van der Waals surface area contributed by atoms with Crippen LogP contribution >= 0.6 is 0 Å². The average Bonchev–Trinajstić information content (AvgIpc) is 3.26. The zero-order chi connectivity index (χ0) is 35.8. The van der Waals surface area contributed by atoms with Crippen molar-refractivity contribution in [3.8, 4) is 66.8 Å². The minimum absolute atomic E-state index is 1.22. The fourth-order valence-electron chi connectivity index (χ4n) is 8.42. The first-order chi connectivity index (χ1) is 26.8. The molecule has 0 aliphatic heterocycles. The molecule has 54 heavy (non-hydrogen) atoms. The first kappa shape index (κ1) is 31.7. The van der Waals surface area contributed by atoms with Crippen molar-refractivity contribution in [3.63, 3.8) is 0 Å². The van der Waals surface area contributed by atoms with Gasteiger partial charge in [-0.1, -0.05) is 206 Å². The minimum Gasteiger partial charge on any atom is -0.0622 e. The zero-order valence-corrected chi connectivity index (χ0v) is 29.8. The van der Waals surface area contributed by atoms with Crippen LogP contribution in [0.3, 0.4) is 0 Å². The van der Waals surface area contributed by atoms with Crippen molar-refractivity contribution in [2.24, 2.45) is 0 Å². The number of fused-ring (bicyclic) bond motifs is 3. The number of rotatable bonds is 6. The van der Waals surface area contributed by atoms with Gasteiger partial charge >= 0.3 is 0 Å². The van der Waals surface area contributed by atoms with E-state index < -0.39 is 0 Å². The molecule has 0 heterocycles. The van der Waals surface area contributed by atoms with Gasteiger partial charge in [-0.05, 0) is 111 Å². The molecule has 0 spiro atoms. The lowest BCUT2D eigenvalue weighted by molar-refractivity contribution is 1.56. The summed E-state index contributed by atoms with van der Waals surface area (Å²) >= 11 is 0. The molecule has 10 aromatic rings. The molecule has 10 aromatic carbocycles. The SMILES string of the molecule is c1ccc(-c2ccc3cc(-c4c5ccccc5c(-c5ccccc5-c5ccccc5-c5ccccc5-c5ccccc5)c5ccccc45)ccc3c2)cc1. The summed E-state index contributed by atoms with van der Waals surface area (Å²) < 4.78 is 0. The average molecular weight is 685 g/mol. The Hall–Kier alpha value is -7.02. The predicted molar refractivity (Wildman–Crippen MR) is 232 cm³/mol. The lowest BCUT2D eigenvalue weighted by atomic mass is 9.82. The summed E-state index contributed by atoms with van der Waals surface area (Å²) in [6.45, 7) is 0. The van der Waals surface area contributed by atoms with Crippen molar-refractivity contribution in [2.75, 3.05) is 0 Å². The van der Waals surface area contributed by atoms with Crippen LogP contribution in [0.25, 0.3) is 99.1 Å². The molecule has 0 aliphatic carbocycles. The van der Waals surface area contributed by atoms with E-state index in [9.17, 15) is 0 Å². The Labute approximate surface area is 316 Å². The minimum atomic E-state index is 1.22. The lowest BCUT2D eigenvalue weighted by Crippen LogP contribution is -1.94. The fourth-order valence-corrected chi connectivity index (χ4v) is 8.42. The van der Waals surface area contributed by atoms with Crippen LogP contribution in [0.2, 0.25) is 0 Å². The summed E-state index contributed by atoms with van der Waals surface area (Å²) in [4.78, 5) is 0. The van der Waals surface area contributed by atoms with Crippen LogP contribution in [0, 0.1) is 0 Å². The first-order valence-electron chi connectivity index (χ1n) is 18.7. The van der Waals surface area contributed by atoms with E-state index in [0.29, 0.717) is 0 Å². The smallest absolute Gasteiger partial charge is 0.00201 e. The van der Waals surface area contributed by atoms with Gasteiger partial charge in [0.1, 0.15) is 0 Å². The molecule has 0 radical (unpaired) electrons. The summed E-state index contributed by atoms with van der Waals surface area (Å²) in [6, 6.07) is 79.7. The van der Waals surface area contributed by atoms with Gasteiger partial charge in [0, 0.05) is 0 Å². The summed E-state index contributed by atoms with van der Waals surface area (Å²) in [7, 11) is 0. The van der Waals surface area contributed by atoms with E-state index >= 15 is 0 Å². The van der Waals surface area contributed by atoms with E-state index in [-0.39, 0.29) is 0 Å². The molecule has 0 fully saturated rings. The van der Waals surface area contributed by atoms with Gasteiger partial charge in [-0.25, -0.2) is 0 Å². The maximum atomic E-state index is 2.37. The quantitative estimate of drug-likeness (QED) is 0.153. The Morgan fingerprint density at radius 3 is 1.07 bits per heavy atom. The Balaban J connectivity index is 1.18. The molecule has 0 nitrogen and oxygen atoms in total. The van der Waals surface area contributed by atoms with Crippen molar-refractivity contribution in [1.82, 2.24) is 0 Å². The van der Waals surface area contributed by atoms with E-state index in [4.69, 9.17) is 0 Å². The van der Waals surface area contributed by atoms with Crippen LogP contribution in [-0.4, -0.2) is 0 Å². The van der Waals surface area contributed by atoms with Gasteiger partial charge in [0.25, 0.3) is 0 Å². The van der Waals surface area contributed by atoms with Gasteiger partial charge in [0.2, 0.25) is 0 Å². The van der Waals surface area contributed by atoms with Gasteiger partial charge in [-0.2, -0.15) is 0 Å². The molecule has 0 N–H and O–H groups in total. The molecule has 0 atom stereocenters. The third-order valence-electron chi connectivity index (χ3n) is 10.9. The first-order valence-corrected chi connectivity index (χ1v) is 18.7. The summed E-state index contributed by atoms with van der Waals surface area (Å²) in [5, 5.41) is 7.49. The highest BCUT2D eigenvalue weighted by Gasteiger charge is 2.21. The van der Waals surface area contributed by atoms with Crippen molar-refractivity contribution >= 4 is 32.3 Å². The van der Waals surface area contributed by atoms with Crippen LogP contribution in [0.4, 0.5) is 0 Å². The molecule has 0 aromatic heterocycles. The van der Waals surface area contributed by atoms with Crippen LogP contribution in [0.15, 0.2) is 218 Å². The third-order valence-corrected chi connectivity index (χ3v) is 10.9. The molecule has 0 aliphatic rings. The molecule has 10 rings (SSSR count). The van der Waals surface area contributed by atoms with Crippen LogP contribution in [0.1, 0.15) is 0 Å². The highest BCUT2D eigenvalue weighted by molar-refractivity contribution is 6.23. The van der Waals surface area contributed by atoms with E-state index in [0.717, 1.165) is 0 Å². The monoisotopic (exact) mass is 684 g/mol. The Morgan fingerprint density at radius 1 is 0.185 bits per heavy atom. The second-order valence-electron chi connectivity index (χ2n) is 14.0. The lowest BCUT2D eigenvalue weighted by Gasteiger charge is -2.21. The van der Waals surface area contributed by atoms with E-state index in [1.54, 1.807) is 0 Å². The molecule has 0 unspecified atom stereocenters. The normalized spacial score (nSPS) is 11.3. The van der Waals surface area contributed by atoms with Crippen molar-refractivity contribution in [1.29, 1.82) is 0 Å². The molecule has 0 amide bonds. The number of hydrogen-bond acceptors (Lipinski definition) is 0. The van der Waals surface area contributed by atoms with Crippen molar-refractivity contribution in [2.45, 2.75) is 0 Å². The van der Waals surface area contributed by atoms with Crippen LogP contribution in [0.5, 0.6) is 0 Å². The zero-order valence-electron chi connectivity index (χ0n) is 29.8. The highest BCUT2D eigenvalue weighted by Crippen LogP contribution is 2.48. The topological polar surface area (TPSA) is 0 Å². The van der Waals surface area contributed by atoms with Gasteiger partial charge < -0.3 is 0 Å². The van der Waals surface area contributed by atoms with Crippen molar-refractivity contribution in [3.05, 3.63) is 218 Å². The summed E-state index contributed by atoms with van der Waals surface area (Å²) in [5.41, 5.74) is 14.8. The van der Waals surface area contributed by atoms with Gasteiger partial charge in [0.15, 0.2) is 0 Å². The third kappa shape index (κ3) is 5.48. The highest BCUT2D eigenvalue weighted by atomic mass is 14.2. The van der Waals surface area contributed by atoms with Crippen LogP contribution < -0.4 is 0 Å². The van der Waals surface area contributed by atoms with Gasteiger partial charge in [-0.15, -0.1) is 0 Å². The molecule has 0 saturated carbocycles. The Kier molecular flexibility index (Phi) is 7.93. The van der Waals surface area contributed by atoms with Crippen LogP contribution in [-0.2, 0) is 0 Å². The summed E-state index contributed by atoms with van der Waals surface area (Å²) in [5.74, 6) is 0. The maximum Gasteiger partial charge on any atom is -0.00201 e. The van der Waals surface area contributed by atoms with Crippen molar-refractivity contribution < 1.29 is 0 Å². The predicted octanol–water partition coefficient (Wildman–Crippen LogP) is 15.1. The second-order valence-corrected chi connectivity index (χ2v) is 14.0. The summed E-state index contributed by atoms with van der Waals surface area (Å²) in [6.07, 6.45) is 0. The molecular formula is C54H36. The molecule has 0 bridgehead atoms. The van der Waals surface area contributed by atoms with Gasteiger partial charge in [0.05, 0.1) is 0 Å². The number of hydrogen-bond donors (Lipinski definition) is 0. The maximum absolute atomic E-state index is 2.37.